The third-order valence-electron chi connectivity index (χ3n) is 2.19. The Kier molecular flexibility index (Phi) is 4.62. The van der Waals surface area contributed by atoms with Gasteiger partial charge in [-0.1, -0.05) is 6.92 Å². The standard InChI is InChI=1S/C11H15ClO3S/c1-9(7-12)8-16(13,14)11-5-3-10(15-2)4-6-11/h3-6,9H,7-8H2,1-2H3. The van der Waals surface area contributed by atoms with Crippen LogP contribution in [0.2, 0.25) is 0 Å². The number of sulfone groups is 1. The van der Waals surface area contributed by atoms with Gasteiger partial charge in [-0.3, -0.25) is 0 Å². The van der Waals surface area contributed by atoms with Crippen LogP contribution >= 0.6 is 11.6 Å². The molecule has 3 nitrogen and oxygen atoms in total. The summed E-state index contributed by atoms with van der Waals surface area (Å²) in [5.74, 6) is 1.01. The van der Waals surface area contributed by atoms with E-state index in [9.17, 15) is 8.42 Å². The maximum Gasteiger partial charge on any atom is 0.178 e. The summed E-state index contributed by atoms with van der Waals surface area (Å²) in [6.07, 6.45) is 0. The summed E-state index contributed by atoms with van der Waals surface area (Å²) in [6.45, 7) is 1.81. The van der Waals surface area contributed by atoms with Gasteiger partial charge >= 0.3 is 0 Å². The SMILES string of the molecule is COc1ccc(S(=O)(=O)CC(C)CCl)cc1. The van der Waals surface area contributed by atoms with E-state index in [1.807, 2.05) is 6.92 Å². The lowest BCUT2D eigenvalue weighted by molar-refractivity contribution is 0.414. The van der Waals surface area contributed by atoms with E-state index < -0.39 is 9.84 Å². The number of hydrogen-bond acceptors (Lipinski definition) is 3. The molecule has 16 heavy (non-hydrogen) atoms. The third kappa shape index (κ3) is 3.39. The molecule has 5 heteroatoms. The Morgan fingerprint density at radius 1 is 1.31 bits per heavy atom. The molecule has 0 aliphatic carbocycles. The van der Waals surface area contributed by atoms with E-state index in [1.165, 1.54) is 0 Å². The average molecular weight is 263 g/mol. The molecule has 1 aromatic carbocycles. The van der Waals surface area contributed by atoms with Gasteiger partial charge in [0.25, 0.3) is 0 Å². The number of hydrogen-bond donors (Lipinski definition) is 0. The summed E-state index contributed by atoms with van der Waals surface area (Å²) in [5.41, 5.74) is 0. The van der Waals surface area contributed by atoms with Gasteiger partial charge in [-0.05, 0) is 30.2 Å². The van der Waals surface area contributed by atoms with Gasteiger partial charge in [-0.25, -0.2) is 8.42 Å². The monoisotopic (exact) mass is 262 g/mol. The Labute approximate surface area is 101 Å². The maximum absolute atomic E-state index is 11.9. The predicted molar refractivity (Wildman–Crippen MR) is 64.9 cm³/mol. The first-order valence-electron chi connectivity index (χ1n) is 4.92. The molecule has 0 amide bonds. The normalized spacial score (nSPS) is 13.4. The quantitative estimate of drug-likeness (QED) is 0.765. The fraction of sp³-hybridized carbons (Fsp3) is 0.455. The molecular formula is C11H15ClO3S. The number of benzene rings is 1. The zero-order valence-corrected chi connectivity index (χ0v) is 10.9. The highest BCUT2D eigenvalue weighted by Crippen LogP contribution is 2.18. The summed E-state index contributed by atoms with van der Waals surface area (Å²) in [7, 11) is -1.70. The van der Waals surface area contributed by atoms with Gasteiger partial charge in [0.2, 0.25) is 0 Å². The molecule has 0 spiro atoms. The van der Waals surface area contributed by atoms with Gasteiger partial charge in [-0.15, -0.1) is 11.6 Å². The van der Waals surface area contributed by atoms with Crippen LogP contribution in [0, 0.1) is 5.92 Å². The van der Waals surface area contributed by atoms with Crippen LogP contribution in [0.3, 0.4) is 0 Å². The first-order chi connectivity index (χ1) is 7.49. The van der Waals surface area contributed by atoms with Crippen LogP contribution in [-0.4, -0.2) is 27.2 Å². The molecule has 1 rings (SSSR count). The van der Waals surface area contributed by atoms with Crippen LogP contribution in [0.5, 0.6) is 5.75 Å². The summed E-state index contributed by atoms with van der Waals surface area (Å²) in [5, 5.41) is 0. The van der Waals surface area contributed by atoms with Crippen LogP contribution in [0.4, 0.5) is 0 Å². The molecule has 1 aromatic rings. The van der Waals surface area contributed by atoms with Crippen molar-refractivity contribution < 1.29 is 13.2 Å². The van der Waals surface area contributed by atoms with Crippen LogP contribution in [0.1, 0.15) is 6.92 Å². The molecule has 0 bridgehead atoms. The second-order valence-electron chi connectivity index (χ2n) is 3.72. The highest BCUT2D eigenvalue weighted by atomic mass is 35.5. The Morgan fingerprint density at radius 3 is 2.31 bits per heavy atom. The molecule has 1 unspecified atom stereocenters. The first kappa shape index (κ1) is 13.3. The van der Waals surface area contributed by atoms with E-state index in [4.69, 9.17) is 16.3 Å². The van der Waals surface area contributed by atoms with Crippen LogP contribution in [0.25, 0.3) is 0 Å². The fourth-order valence-corrected chi connectivity index (χ4v) is 3.15. The summed E-state index contributed by atoms with van der Waals surface area (Å²) in [6, 6.07) is 6.38. The van der Waals surface area contributed by atoms with Crippen LogP contribution in [0.15, 0.2) is 29.2 Å². The Bertz CT molecular complexity index is 425. The third-order valence-corrected chi connectivity index (χ3v) is 4.71. The van der Waals surface area contributed by atoms with Crippen molar-refractivity contribution in [2.24, 2.45) is 5.92 Å². The molecule has 0 radical (unpaired) electrons. The maximum atomic E-state index is 11.9. The lowest BCUT2D eigenvalue weighted by Crippen LogP contribution is -2.15. The lowest BCUT2D eigenvalue weighted by Gasteiger charge is -2.09. The molecule has 90 valence electrons. The van der Waals surface area contributed by atoms with E-state index >= 15 is 0 Å². The number of halogens is 1. The van der Waals surface area contributed by atoms with Crippen molar-refractivity contribution in [3.8, 4) is 5.75 Å². The molecule has 0 aliphatic heterocycles. The molecule has 0 aliphatic rings. The first-order valence-corrected chi connectivity index (χ1v) is 7.11. The van der Waals surface area contributed by atoms with Gasteiger partial charge in [0.1, 0.15) is 5.75 Å². The van der Waals surface area contributed by atoms with Crippen molar-refractivity contribution in [2.45, 2.75) is 11.8 Å². The summed E-state index contributed by atoms with van der Waals surface area (Å²) in [4.78, 5) is 0.310. The zero-order chi connectivity index (χ0) is 12.2. The molecule has 0 saturated heterocycles. The minimum atomic E-state index is -3.24. The molecule has 0 aromatic heterocycles. The van der Waals surface area contributed by atoms with Crippen molar-refractivity contribution in [2.75, 3.05) is 18.7 Å². The minimum Gasteiger partial charge on any atom is -0.497 e. The van der Waals surface area contributed by atoms with Crippen LogP contribution < -0.4 is 4.74 Å². The molecule has 1 atom stereocenters. The van der Waals surface area contributed by atoms with E-state index in [1.54, 1.807) is 31.4 Å². The van der Waals surface area contributed by atoms with Gasteiger partial charge < -0.3 is 4.74 Å². The van der Waals surface area contributed by atoms with Gasteiger partial charge in [-0.2, -0.15) is 0 Å². The highest BCUT2D eigenvalue weighted by Gasteiger charge is 2.17. The van der Waals surface area contributed by atoms with E-state index in [-0.39, 0.29) is 11.7 Å². The number of rotatable bonds is 5. The predicted octanol–water partition coefficient (Wildman–Crippen LogP) is 2.34. The molecular weight excluding hydrogens is 248 g/mol. The number of alkyl halides is 1. The highest BCUT2D eigenvalue weighted by molar-refractivity contribution is 7.91. The van der Waals surface area contributed by atoms with Gasteiger partial charge in [0.05, 0.1) is 17.8 Å². The van der Waals surface area contributed by atoms with E-state index in [2.05, 4.69) is 0 Å². The largest absolute Gasteiger partial charge is 0.497 e. The Hall–Kier alpha value is -0.740. The van der Waals surface area contributed by atoms with E-state index in [0.717, 1.165) is 0 Å². The van der Waals surface area contributed by atoms with Crippen LogP contribution in [-0.2, 0) is 9.84 Å². The topological polar surface area (TPSA) is 43.4 Å². The van der Waals surface area contributed by atoms with Crippen molar-refractivity contribution in [1.82, 2.24) is 0 Å². The molecule has 0 fully saturated rings. The number of methoxy groups -OCH3 is 1. The average Bonchev–Trinajstić information content (AvgIpc) is 2.28. The van der Waals surface area contributed by atoms with Crippen molar-refractivity contribution in [3.05, 3.63) is 24.3 Å². The second-order valence-corrected chi connectivity index (χ2v) is 6.06. The lowest BCUT2D eigenvalue weighted by atomic mass is 10.3. The van der Waals surface area contributed by atoms with Crippen molar-refractivity contribution >= 4 is 21.4 Å². The molecule has 0 saturated carbocycles. The van der Waals surface area contributed by atoms with E-state index in [0.29, 0.717) is 16.5 Å². The number of ether oxygens (including phenoxy) is 1. The molecule has 0 N–H and O–H groups in total. The van der Waals surface area contributed by atoms with Crippen molar-refractivity contribution in [3.63, 3.8) is 0 Å². The Morgan fingerprint density at radius 2 is 1.88 bits per heavy atom. The second kappa shape index (κ2) is 5.55. The minimum absolute atomic E-state index is 0.0474. The van der Waals surface area contributed by atoms with Crippen molar-refractivity contribution in [1.29, 1.82) is 0 Å². The zero-order valence-electron chi connectivity index (χ0n) is 9.31. The Balaban J connectivity index is 2.90. The van der Waals surface area contributed by atoms with Gasteiger partial charge in [0.15, 0.2) is 9.84 Å². The smallest absolute Gasteiger partial charge is 0.178 e. The fourth-order valence-electron chi connectivity index (χ4n) is 1.30. The van der Waals surface area contributed by atoms with Gasteiger partial charge in [0, 0.05) is 5.88 Å². The summed E-state index contributed by atoms with van der Waals surface area (Å²) >= 11 is 5.61. The summed E-state index contributed by atoms with van der Waals surface area (Å²) < 4.78 is 28.8. The molecule has 0 heterocycles.